The van der Waals surface area contributed by atoms with Crippen LogP contribution in [0.3, 0.4) is 0 Å². The quantitative estimate of drug-likeness (QED) is 0.491. The van der Waals surface area contributed by atoms with E-state index in [1.54, 1.807) is 43.1 Å². The highest BCUT2D eigenvalue weighted by atomic mass is 35.5. The van der Waals surface area contributed by atoms with E-state index in [2.05, 4.69) is 4.98 Å². The van der Waals surface area contributed by atoms with Gasteiger partial charge in [0.15, 0.2) is 10.1 Å². The van der Waals surface area contributed by atoms with E-state index in [0.717, 1.165) is 10.9 Å². The van der Waals surface area contributed by atoms with Crippen molar-refractivity contribution < 1.29 is 13.2 Å². The number of imidazole rings is 1. The van der Waals surface area contributed by atoms with Crippen LogP contribution in [0, 0.1) is 0 Å². The van der Waals surface area contributed by atoms with Gasteiger partial charge in [0.2, 0.25) is 5.03 Å². The molecule has 0 atom stereocenters. The standard InChI is InChI=1S/C17H17ClN4O3S2/c1-20(2)10-12-11-6-7-22(13(11)4-5-14(12)25-3)27(23,24)16-15(18)19-17-21(16)8-9-26-17/h4-9H,10H2,1-3H3. The zero-order valence-corrected chi connectivity index (χ0v) is 17.3. The largest absolute Gasteiger partial charge is 0.496 e. The lowest BCUT2D eigenvalue weighted by Crippen LogP contribution is -2.15. The van der Waals surface area contributed by atoms with Crippen molar-refractivity contribution in [3.8, 4) is 5.75 Å². The van der Waals surface area contributed by atoms with Gasteiger partial charge < -0.3 is 9.64 Å². The van der Waals surface area contributed by atoms with Gasteiger partial charge in [-0.2, -0.15) is 8.42 Å². The minimum Gasteiger partial charge on any atom is -0.496 e. The molecule has 0 aliphatic heterocycles. The van der Waals surface area contributed by atoms with Crippen molar-refractivity contribution in [2.75, 3.05) is 21.2 Å². The maximum atomic E-state index is 13.4. The van der Waals surface area contributed by atoms with Gasteiger partial charge in [0.05, 0.1) is 12.6 Å². The molecule has 0 bridgehead atoms. The molecule has 0 N–H and O–H groups in total. The Kier molecular flexibility index (Phi) is 4.42. The predicted molar refractivity (Wildman–Crippen MR) is 107 cm³/mol. The molecule has 0 amide bonds. The van der Waals surface area contributed by atoms with Crippen molar-refractivity contribution in [3.63, 3.8) is 0 Å². The smallest absolute Gasteiger partial charge is 0.287 e. The van der Waals surface area contributed by atoms with Crippen LogP contribution in [0.1, 0.15) is 5.56 Å². The fraction of sp³-hybridized carbons (Fsp3) is 0.235. The van der Waals surface area contributed by atoms with E-state index in [-0.39, 0.29) is 10.2 Å². The topological polar surface area (TPSA) is 68.8 Å². The lowest BCUT2D eigenvalue weighted by molar-refractivity contribution is 0.374. The summed E-state index contributed by atoms with van der Waals surface area (Å²) in [6, 6.07) is 5.31. The number of nitrogens with zero attached hydrogens (tertiary/aromatic N) is 4. The van der Waals surface area contributed by atoms with E-state index >= 15 is 0 Å². The van der Waals surface area contributed by atoms with Crippen molar-refractivity contribution >= 4 is 48.8 Å². The van der Waals surface area contributed by atoms with Crippen molar-refractivity contribution in [1.82, 2.24) is 18.3 Å². The molecule has 0 fully saturated rings. The molecule has 1 aromatic carbocycles. The number of benzene rings is 1. The van der Waals surface area contributed by atoms with Crippen LogP contribution >= 0.6 is 22.9 Å². The van der Waals surface area contributed by atoms with Gasteiger partial charge in [-0.15, -0.1) is 11.3 Å². The number of hydrogen-bond acceptors (Lipinski definition) is 6. The molecule has 0 saturated carbocycles. The third-order valence-corrected chi connectivity index (χ3v) is 7.13. The first-order valence-electron chi connectivity index (χ1n) is 8.03. The van der Waals surface area contributed by atoms with Crippen LogP contribution in [-0.4, -0.2) is 47.9 Å². The number of fused-ring (bicyclic) bond motifs is 2. The highest BCUT2D eigenvalue weighted by Crippen LogP contribution is 2.33. The third kappa shape index (κ3) is 2.82. The number of aromatic nitrogens is 3. The first-order valence-corrected chi connectivity index (χ1v) is 10.7. The Morgan fingerprint density at radius 3 is 2.74 bits per heavy atom. The van der Waals surface area contributed by atoms with Gasteiger partial charge in [-0.3, -0.25) is 4.40 Å². The Bertz CT molecular complexity index is 1250. The van der Waals surface area contributed by atoms with Crippen LogP contribution in [0.2, 0.25) is 5.15 Å². The minimum absolute atomic E-state index is 0.0364. The van der Waals surface area contributed by atoms with E-state index in [0.29, 0.717) is 22.8 Å². The average Bonchev–Trinajstić information content (AvgIpc) is 3.28. The molecule has 0 unspecified atom stereocenters. The second-order valence-corrected chi connectivity index (χ2v) is 9.26. The monoisotopic (exact) mass is 424 g/mol. The van der Waals surface area contributed by atoms with E-state index < -0.39 is 10.0 Å². The Balaban J connectivity index is 1.97. The van der Waals surface area contributed by atoms with Gasteiger partial charge in [-0.05, 0) is 32.3 Å². The summed E-state index contributed by atoms with van der Waals surface area (Å²) in [6.07, 6.45) is 3.19. The Morgan fingerprint density at radius 1 is 1.26 bits per heavy atom. The first-order chi connectivity index (χ1) is 12.8. The molecule has 0 aliphatic carbocycles. The fourth-order valence-electron chi connectivity index (χ4n) is 3.18. The molecular formula is C17H17ClN4O3S2. The van der Waals surface area contributed by atoms with Gasteiger partial charge in [-0.25, -0.2) is 8.96 Å². The Morgan fingerprint density at radius 2 is 2.04 bits per heavy atom. The van der Waals surface area contributed by atoms with Gasteiger partial charge in [0.1, 0.15) is 5.75 Å². The molecule has 4 rings (SSSR count). The molecule has 3 aromatic heterocycles. The SMILES string of the molecule is COc1ccc2c(ccn2S(=O)(=O)c2c(Cl)nc3sccn23)c1CN(C)C. The molecule has 0 saturated heterocycles. The lowest BCUT2D eigenvalue weighted by atomic mass is 10.1. The molecule has 0 radical (unpaired) electrons. The van der Waals surface area contributed by atoms with Crippen molar-refractivity contribution in [3.05, 3.63) is 46.7 Å². The molecule has 27 heavy (non-hydrogen) atoms. The molecule has 7 nitrogen and oxygen atoms in total. The lowest BCUT2D eigenvalue weighted by Gasteiger charge is -2.15. The number of rotatable bonds is 5. The van der Waals surface area contributed by atoms with E-state index in [1.807, 2.05) is 19.0 Å². The molecule has 142 valence electrons. The molecule has 3 heterocycles. The average molecular weight is 425 g/mol. The Labute approximate surface area is 165 Å². The highest BCUT2D eigenvalue weighted by molar-refractivity contribution is 7.90. The second kappa shape index (κ2) is 6.52. The summed E-state index contributed by atoms with van der Waals surface area (Å²) in [5, 5.41) is 2.51. The van der Waals surface area contributed by atoms with Gasteiger partial charge in [0.25, 0.3) is 10.0 Å². The van der Waals surface area contributed by atoms with Crippen molar-refractivity contribution in [2.24, 2.45) is 0 Å². The molecule has 0 aliphatic rings. The zero-order chi connectivity index (χ0) is 19.3. The number of thiazole rings is 1. The zero-order valence-electron chi connectivity index (χ0n) is 14.9. The Hall–Kier alpha value is -2.07. The number of methoxy groups -OCH3 is 1. The van der Waals surface area contributed by atoms with Gasteiger partial charge in [-0.1, -0.05) is 11.6 Å². The van der Waals surface area contributed by atoms with E-state index in [4.69, 9.17) is 16.3 Å². The molecule has 10 heteroatoms. The van der Waals surface area contributed by atoms with Crippen LogP contribution in [0.15, 0.2) is 41.0 Å². The van der Waals surface area contributed by atoms with E-state index in [1.165, 1.54) is 19.7 Å². The summed E-state index contributed by atoms with van der Waals surface area (Å²) in [6.45, 7) is 0.618. The van der Waals surface area contributed by atoms with Crippen LogP contribution in [0.25, 0.3) is 15.9 Å². The molecule has 4 aromatic rings. The fourth-order valence-corrected chi connectivity index (χ4v) is 5.94. The van der Waals surface area contributed by atoms with Crippen LogP contribution < -0.4 is 4.74 Å². The van der Waals surface area contributed by atoms with Crippen LogP contribution in [0.4, 0.5) is 0 Å². The second-order valence-electron chi connectivity index (χ2n) is 6.30. The number of halogens is 1. The van der Waals surface area contributed by atoms with Crippen molar-refractivity contribution in [1.29, 1.82) is 0 Å². The van der Waals surface area contributed by atoms with Gasteiger partial charge in [0, 0.05) is 35.3 Å². The summed E-state index contributed by atoms with van der Waals surface area (Å²) in [5.41, 5.74) is 1.49. The summed E-state index contributed by atoms with van der Waals surface area (Å²) in [5.74, 6) is 0.717. The molecular weight excluding hydrogens is 408 g/mol. The van der Waals surface area contributed by atoms with Crippen LogP contribution in [-0.2, 0) is 16.6 Å². The number of ether oxygens (including phenoxy) is 1. The van der Waals surface area contributed by atoms with Crippen molar-refractivity contribution in [2.45, 2.75) is 11.6 Å². The number of hydrogen-bond donors (Lipinski definition) is 0. The maximum absolute atomic E-state index is 13.4. The van der Waals surface area contributed by atoms with E-state index in [9.17, 15) is 8.42 Å². The maximum Gasteiger partial charge on any atom is 0.287 e. The normalized spacial score (nSPS) is 12.5. The first kappa shape index (κ1) is 18.3. The predicted octanol–water partition coefficient (Wildman–Crippen LogP) is 3.31. The minimum atomic E-state index is -3.93. The molecule has 0 spiro atoms. The van der Waals surface area contributed by atoms with Crippen LogP contribution in [0.5, 0.6) is 5.75 Å². The summed E-state index contributed by atoms with van der Waals surface area (Å²) >= 11 is 7.49. The third-order valence-electron chi connectivity index (χ3n) is 4.28. The highest BCUT2D eigenvalue weighted by Gasteiger charge is 2.28. The summed E-state index contributed by atoms with van der Waals surface area (Å²) in [4.78, 5) is 6.68. The summed E-state index contributed by atoms with van der Waals surface area (Å²) in [7, 11) is 1.57. The van der Waals surface area contributed by atoms with Gasteiger partial charge >= 0.3 is 0 Å². The summed E-state index contributed by atoms with van der Waals surface area (Å²) < 4.78 is 35.0.